The van der Waals surface area contributed by atoms with Crippen LogP contribution in [0.15, 0.2) is 18.2 Å². The van der Waals surface area contributed by atoms with E-state index in [1.165, 1.54) is 6.42 Å². The molecular formula is C24H38N4O4. The maximum Gasteiger partial charge on any atom is 0.319 e. The molecule has 1 heterocycles. The van der Waals surface area contributed by atoms with E-state index in [-0.39, 0.29) is 36.0 Å². The van der Waals surface area contributed by atoms with Crippen LogP contribution in [0, 0.1) is 5.92 Å². The summed E-state index contributed by atoms with van der Waals surface area (Å²) >= 11 is 0. The van der Waals surface area contributed by atoms with Gasteiger partial charge in [0.05, 0.1) is 11.7 Å². The SMILES string of the molecule is CO[C@H]1CN(C)C(=O)c2cc(NC(=O)NC3CCCCC3)ccc2OC[C@@H](C)NC[C@H]1C. The highest BCUT2D eigenvalue weighted by molar-refractivity contribution is 5.99. The molecule has 3 N–H and O–H groups in total. The molecule has 1 aromatic rings. The lowest BCUT2D eigenvalue weighted by molar-refractivity contribution is 0.0281. The second-order valence-corrected chi connectivity index (χ2v) is 9.20. The van der Waals surface area contributed by atoms with E-state index < -0.39 is 0 Å². The molecule has 0 spiro atoms. The van der Waals surface area contributed by atoms with Crippen LogP contribution < -0.4 is 20.7 Å². The molecule has 0 aromatic heterocycles. The maximum atomic E-state index is 13.3. The first-order chi connectivity index (χ1) is 15.4. The van der Waals surface area contributed by atoms with E-state index in [1.54, 1.807) is 37.3 Å². The quantitative estimate of drug-likeness (QED) is 0.663. The lowest BCUT2D eigenvalue weighted by Crippen LogP contribution is -2.44. The third kappa shape index (κ3) is 6.59. The van der Waals surface area contributed by atoms with Crippen LogP contribution in [0.3, 0.4) is 0 Å². The smallest absolute Gasteiger partial charge is 0.319 e. The van der Waals surface area contributed by atoms with Gasteiger partial charge in [-0.1, -0.05) is 26.2 Å². The number of carbonyl (C=O) groups excluding carboxylic acids is 2. The molecule has 1 aliphatic heterocycles. The fourth-order valence-electron chi connectivity index (χ4n) is 4.34. The van der Waals surface area contributed by atoms with Crippen molar-refractivity contribution in [3.8, 4) is 5.75 Å². The van der Waals surface area contributed by atoms with Gasteiger partial charge in [0, 0.05) is 45.0 Å². The van der Waals surface area contributed by atoms with Crippen molar-refractivity contribution in [2.24, 2.45) is 5.92 Å². The first-order valence-electron chi connectivity index (χ1n) is 11.7. The summed E-state index contributed by atoms with van der Waals surface area (Å²) in [7, 11) is 3.45. The number of fused-ring (bicyclic) bond motifs is 1. The number of nitrogens with one attached hydrogen (secondary N) is 3. The lowest BCUT2D eigenvalue weighted by Gasteiger charge is -2.30. The molecule has 8 nitrogen and oxygen atoms in total. The highest BCUT2D eigenvalue weighted by Crippen LogP contribution is 2.26. The summed E-state index contributed by atoms with van der Waals surface area (Å²) in [5, 5.41) is 9.40. The molecule has 0 radical (unpaired) electrons. The van der Waals surface area contributed by atoms with E-state index in [9.17, 15) is 9.59 Å². The number of rotatable bonds is 3. The average molecular weight is 447 g/mol. The highest BCUT2D eigenvalue weighted by atomic mass is 16.5. The van der Waals surface area contributed by atoms with Crippen LogP contribution in [-0.2, 0) is 4.74 Å². The van der Waals surface area contributed by atoms with Gasteiger partial charge in [0.1, 0.15) is 12.4 Å². The zero-order valence-electron chi connectivity index (χ0n) is 19.8. The Morgan fingerprint density at radius 1 is 1.22 bits per heavy atom. The molecule has 1 fully saturated rings. The Kier molecular flexibility index (Phi) is 8.75. The van der Waals surface area contributed by atoms with Gasteiger partial charge in [0.25, 0.3) is 5.91 Å². The number of anilines is 1. The molecule has 1 aliphatic carbocycles. The van der Waals surface area contributed by atoms with Gasteiger partial charge in [0.15, 0.2) is 0 Å². The van der Waals surface area contributed by atoms with Gasteiger partial charge < -0.3 is 30.3 Å². The zero-order chi connectivity index (χ0) is 23.1. The van der Waals surface area contributed by atoms with Crippen LogP contribution in [0.5, 0.6) is 5.75 Å². The highest BCUT2D eigenvalue weighted by Gasteiger charge is 2.26. The van der Waals surface area contributed by atoms with Crippen LogP contribution in [0.25, 0.3) is 0 Å². The lowest BCUT2D eigenvalue weighted by atomic mass is 9.96. The molecule has 0 saturated heterocycles. The van der Waals surface area contributed by atoms with Crippen molar-refractivity contribution in [3.05, 3.63) is 23.8 Å². The summed E-state index contributed by atoms with van der Waals surface area (Å²) in [6.45, 7) is 5.84. The molecule has 3 rings (SSSR count). The van der Waals surface area contributed by atoms with E-state index >= 15 is 0 Å². The Hall–Kier alpha value is -2.32. The largest absolute Gasteiger partial charge is 0.491 e. The van der Waals surface area contributed by atoms with Crippen molar-refractivity contribution in [2.45, 2.75) is 64.1 Å². The van der Waals surface area contributed by atoms with Crippen LogP contribution in [0.1, 0.15) is 56.3 Å². The molecule has 3 atom stereocenters. The summed E-state index contributed by atoms with van der Waals surface area (Å²) in [5.74, 6) is 0.580. The Balaban J connectivity index is 1.78. The number of benzene rings is 1. The molecule has 0 unspecified atom stereocenters. The Morgan fingerprint density at radius 2 is 1.97 bits per heavy atom. The minimum absolute atomic E-state index is 0.0879. The molecule has 1 aromatic carbocycles. The van der Waals surface area contributed by atoms with Gasteiger partial charge in [-0.05, 0) is 43.9 Å². The standard InChI is InChI=1S/C24H38N4O4/c1-16-13-25-17(2)15-32-21-11-10-19(27-24(30)26-18-8-6-5-7-9-18)12-20(21)23(29)28(3)14-22(16)31-4/h10-12,16-18,22,25H,5-9,13-15H2,1-4H3,(H2,26,27,30)/t16-,17-,22+/m1/s1. The van der Waals surface area contributed by atoms with Crippen molar-refractivity contribution in [1.82, 2.24) is 15.5 Å². The van der Waals surface area contributed by atoms with Crippen LogP contribution >= 0.6 is 0 Å². The summed E-state index contributed by atoms with van der Waals surface area (Å²) < 4.78 is 11.7. The van der Waals surface area contributed by atoms with Gasteiger partial charge >= 0.3 is 6.03 Å². The predicted octanol–water partition coefficient (Wildman–Crippen LogP) is 3.23. The van der Waals surface area contributed by atoms with Crippen LogP contribution in [-0.4, -0.2) is 68.9 Å². The molecule has 0 bridgehead atoms. The molecular weight excluding hydrogens is 408 g/mol. The molecule has 3 amide bonds. The minimum Gasteiger partial charge on any atom is -0.491 e. The fourth-order valence-corrected chi connectivity index (χ4v) is 4.34. The number of ether oxygens (including phenoxy) is 2. The number of likely N-dealkylation sites (N-methyl/N-ethyl adjacent to an activating group) is 1. The Morgan fingerprint density at radius 3 is 2.69 bits per heavy atom. The van der Waals surface area contributed by atoms with Crippen LogP contribution in [0.4, 0.5) is 10.5 Å². The number of amides is 3. The zero-order valence-corrected chi connectivity index (χ0v) is 19.8. The number of hydrogen-bond acceptors (Lipinski definition) is 5. The van der Waals surface area contributed by atoms with E-state index in [0.29, 0.717) is 30.2 Å². The normalized spacial score (nSPS) is 25.7. The Bertz CT molecular complexity index is 781. The number of urea groups is 1. The third-order valence-electron chi connectivity index (χ3n) is 6.42. The molecule has 32 heavy (non-hydrogen) atoms. The average Bonchev–Trinajstić information content (AvgIpc) is 2.79. The Labute approximate surface area is 191 Å². The van der Waals surface area contributed by atoms with Crippen molar-refractivity contribution in [1.29, 1.82) is 0 Å². The monoisotopic (exact) mass is 446 g/mol. The van der Waals surface area contributed by atoms with Crippen molar-refractivity contribution < 1.29 is 19.1 Å². The van der Waals surface area contributed by atoms with E-state index in [2.05, 4.69) is 29.8 Å². The molecule has 1 saturated carbocycles. The summed E-state index contributed by atoms with van der Waals surface area (Å²) in [5.41, 5.74) is 0.996. The van der Waals surface area contributed by atoms with Crippen molar-refractivity contribution in [3.63, 3.8) is 0 Å². The second-order valence-electron chi connectivity index (χ2n) is 9.20. The van der Waals surface area contributed by atoms with Gasteiger partial charge in [0.2, 0.25) is 0 Å². The summed E-state index contributed by atoms with van der Waals surface area (Å²) in [6.07, 6.45) is 5.47. The number of methoxy groups -OCH3 is 1. The molecule has 8 heteroatoms. The maximum absolute atomic E-state index is 13.3. The minimum atomic E-state index is -0.238. The van der Waals surface area contributed by atoms with Gasteiger partial charge in [-0.3, -0.25) is 4.79 Å². The topological polar surface area (TPSA) is 91.9 Å². The van der Waals surface area contributed by atoms with Crippen molar-refractivity contribution >= 4 is 17.6 Å². The van der Waals surface area contributed by atoms with E-state index in [1.807, 2.05) is 0 Å². The first-order valence-corrected chi connectivity index (χ1v) is 11.7. The predicted molar refractivity (Wildman–Crippen MR) is 125 cm³/mol. The van der Waals surface area contributed by atoms with Gasteiger partial charge in [-0.15, -0.1) is 0 Å². The van der Waals surface area contributed by atoms with Gasteiger partial charge in [-0.25, -0.2) is 4.79 Å². The summed E-state index contributed by atoms with van der Waals surface area (Å²) in [6, 6.07) is 5.32. The van der Waals surface area contributed by atoms with E-state index in [4.69, 9.17) is 9.47 Å². The second kappa shape index (κ2) is 11.5. The number of nitrogens with zero attached hydrogens (tertiary/aromatic N) is 1. The third-order valence-corrected chi connectivity index (χ3v) is 6.42. The van der Waals surface area contributed by atoms with Crippen molar-refractivity contribution in [2.75, 3.05) is 39.2 Å². The fraction of sp³-hybridized carbons (Fsp3) is 0.667. The van der Waals surface area contributed by atoms with E-state index in [0.717, 1.165) is 32.2 Å². The molecule has 178 valence electrons. The van der Waals surface area contributed by atoms with Crippen LogP contribution in [0.2, 0.25) is 0 Å². The summed E-state index contributed by atoms with van der Waals surface area (Å²) in [4.78, 5) is 27.4. The van der Waals surface area contributed by atoms with Gasteiger partial charge in [-0.2, -0.15) is 0 Å². The number of hydrogen-bond donors (Lipinski definition) is 3. The number of carbonyl (C=O) groups is 2. The molecule has 2 aliphatic rings. The first kappa shape index (κ1) is 24.3.